The number of aromatic amines is 1. The lowest BCUT2D eigenvalue weighted by atomic mass is 10.2. The van der Waals surface area contributed by atoms with E-state index in [9.17, 15) is 4.79 Å². The monoisotopic (exact) mass is 266 g/mol. The average molecular weight is 267 g/mol. The number of aromatic nitrogens is 4. The Labute approximate surface area is 107 Å². The second-order valence-corrected chi connectivity index (χ2v) is 4.44. The third-order valence-corrected chi connectivity index (χ3v) is 3.13. The molecule has 18 heavy (non-hydrogen) atoms. The molecule has 8 heteroatoms. The highest BCUT2D eigenvalue weighted by molar-refractivity contribution is 6.33. The van der Waals surface area contributed by atoms with Gasteiger partial charge in [0, 0.05) is 0 Å². The van der Waals surface area contributed by atoms with Crippen molar-refractivity contribution in [1.82, 2.24) is 25.3 Å². The van der Waals surface area contributed by atoms with Gasteiger partial charge in [-0.3, -0.25) is 10.1 Å². The van der Waals surface area contributed by atoms with Crippen LogP contribution in [0.2, 0.25) is 5.15 Å². The highest BCUT2D eigenvalue weighted by Gasteiger charge is 2.23. The summed E-state index contributed by atoms with van der Waals surface area (Å²) in [6.45, 7) is 0.859. The topological polar surface area (TPSA) is 95.6 Å². The van der Waals surface area contributed by atoms with Crippen LogP contribution in [0, 0.1) is 0 Å². The van der Waals surface area contributed by atoms with Crippen LogP contribution in [0.4, 0.5) is 5.95 Å². The third kappa shape index (κ3) is 2.02. The number of fused-ring (bicyclic) bond motifs is 1. The summed E-state index contributed by atoms with van der Waals surface area (Å²) in [5.41, 5.74) is 0.998. The van der Waals surface area contributed by atoms with Crippen LogP contribution >= 0.6 is 11.6 Å². The van der Waals surface area contributed by atoms with E-state index in [2.05, 4.69) is 30.6 Å². The Hall–Kier alpha value is -1.73. The molecule has 1 unspecified atom stereocenters. The standard InChI is InChI=1S/C10H11ClN6O/c11-7-6-8(14-4-13-6)16-10(15-7)17-9(18)5-2-1-3-12-5/h4-5,12H,1-3H2,(H2,13,14,15,16,17,18). The molecule has 1 fully saturated rings. The van der Waals surface area contributed by atoms with Gasteiger partial charge >= 0.3 is 0 Å². The summed E-state index contributed by atoms with van der Waals surface area (Å²) in [7, 11) is 0. The van der Waals surface area contributed by atoms with Crippen molar-refractivity contribution in [1.29, 1.82) is 0 Å². The summed E-state index contributed by atoms with van der Waals surface area (Å²) in [6.07, 6.45) is 3.30. The molecular weight excluding hydrogens is 256 g/mol. The zero-order valence-corrected chi connectivity index (χ0v) is 10.2. The van der Waals surface area contributed by atoms with Gasteiger partial charge < -0.3 is 10.3 Å². The van der Waals surface area contributed by atoms with E-state index in [1.807, 2.05) is 0 Å². The molecule has 0 aromatic carbocycles. The predicted molar refractivity (Wildman–Crippen MR) is 66.3 cm³/mol. The van der Waals surface area contributed by atoms with Gasteiger partial charge in [-0.15, -0.1) is 0 Å². The Morgan fingerprint density at radius 2 is 2.39 bits per heavy atom. The highest BCUT2D eigenvalue weighted by atomic mass is 35.5. The number of anilines is 1. The molecule has 1 amide bonds. The van der Waals surface area contributed by atoms with E-state index in [4.69, 9.17) is 11.6 Å². The molecule has 1 aliphatic heterocycles. The van der Waals surface area contributed by atoms with Gasteiger partial charge in [-0.2, -0.15) is 9.97 Å². The molecule has 3 rings (SSSR count). The fourth-order valence-corrected chi connectivity index (χ4v) is 2.18. The summed E-state index contributed by atoms with van der Waals surface area (Å²) in [6, 6.07) is -0.178. The van der Waals surface area contributed by atoms with E-state index >= 15 is 0 Å². The van der Waals surface area contributed by atoms with E-state index in [0.717, 1.165) is 19.4 Å². The fourth-order valence-electron chi connectivity index (χ4n) is 1.96. The second-order valence-electron chi connectivity index (χ2n) is 4.08. The minimum atomic E-state index is -0.178. The minimum Gasteiger partial charge on any atom is -0.341 e. The van der Waals surface area contributed by atoms with Crippen LogP contribution in [0.25, 0.3) is 11.2 Å². The highest BCUT2D eigenvalue weighted by Crippen LogP contribution is 2.18. The second kappa shape index (κ2) is 4.51. The number of nitrogens with one attached hydrogen (secondary N) is 3. The van der Waals surface area contributed by atoms with Crippen molar-refractivity contribution in [3.05, 3.63) is 11.5 Å². The molecule has 1 saturated heterocycles. The Bertz CT molecular complexity index is 591. The van der Waals surface area contributed by atoms with Crippen molar-refractivity contribution in [2.45, 2.75) is 18.9 Å². The quantitative estimate of drug-likeness (QED) is 0.696. The summed E-state index contributed by atoms with van der Waals surface area (Å²) < 4.78 is 0. The van der Waals surface area contributed by atoms with Gasteiger partial charge in [0.1, 0.15) is 5.52 Å². The summed E-state index contributed by atoms with van der Waals surface area (Å²) in [5, 5.41) is 5.99. The smallest absolute Gasteiger partial charge is 0.243 e. The van der Waals surface area contributed by atoms with Crippen LogP contribution in [-0.2, 0) is 4.79 Å². The summed E-state index contributed by atoms with van der Waals surface area (Å²) in [4.78, 5) is 26.8. The van der Waals surface area contributed by atoms with E-state index in [1.165, 1.54) is 6.33 Å². The first-order valence-corrected chi connectivity index (χ1v) is 6.03. The lowest BCUT2D eigenvalue weighted by Gasteiger charge is -2.09. The Balaban J connectivity index is 1.83. The maximum Gasteiger partial charge on any atom is 0.243 e. The van der Waals surface area contributed by atoms with Gasteiger partial charge in [-0.25, -0.2) is 4.98 Å². The fraction of sp³-hybridized carbons (Fsp3) is 0.400. The SMILES string of the molecule is O=C(Nc1nc(Cl)c2[nH]cnc2n1)C1CCCN1. The van der Waals surface area contributed by atoms with Gasteiger partial charge in [0.05, 0.1) is 12.4 Å². The van der Waals surface area contributed by atoms with Crippen LogP contribution in [0.5, 0.6) is 0 Å². The number of hydrogen-bond acceptors (Lipinski definition) is 5. The number of H-pyrrole nitrogens is 1. The van der Waals surface area contributed by atoms with E-state index in [0.29, 0.717) is 11.2 Å². The molecule has 1 atom stereocenters. The molecule has 0 spiro atoms. The normalized spacial score (nSPS) is 19.3. The predicted octanol–water partition coefficient (Wildman–Crippen LogP) is 0.697. The summed E-state index contributed by atoms with van der Waals surface area (Å²) in [5.74, 6) is 0.0387. The average Bonchev–Trinajstić information content (AvgIpc) is 2.99. The number of imidazole rings is 1. The number of carbonyl (C=O) groups excluding carboxylic acids is 1. The van der Waals surface area contributed by atoms with Crippen LogP contribution in [-0.4, -0.2) is 38.4 Å². The summed E-state index contributed by atoms with van der Waals surface area (Å²) >= 11 is 5.96. The molecule has 0 bridgehead atoms. The molecule has 1 aliphatic rings. The number of rotatable bonds is 2. The molecule has 0 aliphatic carbocycles. The van der Waals surface area contributed by atoms with E-state index in [1.54, 1.807) is 0 Å². The van der Waals surface area contributed by atoms with Crippen LogP contribution in [0.3, 0.4) is 0 Å². The number of amides is 1. The molecule has 0 radical (unpaired) electrons. The van der Waals surface area contributed by atoms with Crippen molar-refractivity contribution < 1.29 is 4.79 Å². The van der Waals surface area contributed by atoms with E-state index in [-0.39, 0.29) is 23.1 Å². The number of carbonyl (C=O) groups is 1. The molecule has 2 aromatic heterocycles. The van der Waals surface area contributed by atoms with Crippen LogP contribution < -0.4 is 10.6 Å². The molecule has 3 N–H and O–H groups in total. The molecule has 7 nitrogen and oxygen atoms in total. The van der Waals surface area contributed by atoms with Gasteiger partial charge in [0.25, 0.3) is 0 Å². The molecule has 3 heterocycles. The molecule has 0 saturated carbocycles. The lowest BCUT2D eigenvalue weighted by molar-refractivity contribution is -0.117. The van der Waals surface area contributed by atoms with Crippen molar-refractivity contribution in [3.8, 4) is 0 Å². The Morgan fingerprint density at radius 3 is 3.17 bits per heavy atom. The Kier molecular flexibility index (Phi) is 2.85. The number of nitrogens with zero attached hydrogens (tertiary/aromatic N) is 3. The zero-order valence-electron chi connectivity index (χ0n) is 9.40. The van der Waals surface area contributed by atoms with Crippen molar-refractivity contribution in [3.63, 3.8) is 0 Å². The third-order valence-electron chi connectivity index (χ3n) is 2.85. The van der Waals surface area contributed by atoms with Crippen LogP contribution in [0.1, 0.15) is 12.8 Å². The molecule has 2 aromatic rings. The lowest BCUT2D eigenvalue weighted by Crippen LogP contribution is -2.36. The first kappa shape index (κ1) is 11.4. The molecular formula is C10H11ClN6O. The van der Waals surface area contributed by atoms with Crippen molar-refractivity contribution >= 4 is 34.6 Å². The van der Waals surface area contributed by atoms with Crippen LogP contribution in [0.15, 0.2) is 6.33 Å². The van der Waals surface area contributed by atoms with Gasteiger partial charge in [0.15, 0.2) is 10.8 Å². The Morgan fingerprint density at radius 1 is 1.50 bits per heavy atom. The maximum atomic E-state index is 11.9. The minimum absolute atomic E-state index is 0.140. The van der Waals surface area contributed by atoms with E-state index < -0.39 is 0 Å². The zero-order chi connectivity index (χ0) is 12.5. The van der Waals surface area contributed by atoms with Gasteiger partial charge in [-0.1, -0.05) is 11.6 Å². The largest absolute Gasteiger partial charge is 0.341 e. The maximum absolute atomic E-state index is 11.9. The number of halogens is 1. The first-order valence-electron chi connectivity index (χ1n) is 5.65. The van der Waals surface area contributed by atoms with Gasteiger partial charge in [-0.05, 0) is 19.4 Å². The van der Waals surface area contributed by atoms with Crippen molar-refractivity contribution in [2.24, 2.45) is 0 Å². The number of hydrogen-bond donors (Lipinski definition) is 3. The van der Waals surface area contributed by atoms with Gasteiger partial charge in [0.2, 0.25) is 11.9 Å². The first-order chi connectivity index (χ1) is 8.74. The van der Waals surface area contributed by atoms with Crippen molar-refractivity contribution in [2.75, 3.05) is 11.9 Å². The molecule has 94 valence electrons.